The van der Waals surface area contributed by atoms with Crippen LogP contribution in [0.5, 0.6) is 0 Å². The SMILES string of the molecule is O=C(c1ccccc1)N1CC1[N+](=O)[O-]. The van der Waals surface area contributed by atoms with Gasteiger partial charge in [0, 0.05) is 10.5 Å². The van der Waals surface area contributed by atoms with E-state index in [9.17, 15) is 14.9 Å². The van der Waals surface area contributed by atoms with Gasteiger partial charge >= 0.3 is 6.17 Å². The molecule has 1 unspecified atom stereocenters. The van der Waals surface area contributed by atoms with E-state index in [0.717, 1.165) is 0 Å². The minimum absolute atomic E-state index is 0.223. The van der Waals surface area contributed by atoms with Gasteiger partial charge in [0.2, 0.25) is 0 Å². The summed E-state index contributed by atoms with van der Waals surface area (Å²) in [6.45, 7) is 0.223. The Morgan fingerprint density at radius 2 is 2.07 bits per heavy atom. The van der Waals surface area contributed by atoms with Crippen LogP contribution in [0.15, 0.2) is 30.3 Å². The summed E-state index contributed by atoms with van der Waals surface area (Å²) in [4.78, 5) is 22.7. The summed E-state index contributed by atoms with van der Waals surface area (Å²) in [7, 11) is 0. The third kappa shape index (κ3) is 1.44. The van der Waals surface area contributed by atoms with Crippen LogP contribution in [0.1, 0.15) is 10.4 Å². The van der Waals surface area contributed by atoms with Crippen molar-refractivity contribution in [1.29, 1.82) is 0 Å². The molecular formula is C9H8N2O3. The molecule has 1 atom stereocenters. The van der Waals surface area contributed by atoms with Gasteiger partial charge in [-0.05, 0) is 12.1 Å². The van der Waals surface area contributed by atoms with Gasteiger partial charge in [0.05, 0.1) is 0 Å². The highest BCUT2D eigenvalue weighted by atomic mass is 16.6. The Kier molecular flexibility index (Phi) is 1.92. The predicted octanol–water partition coefficient (Wildman–Crippen LogP) is 0.745. The van der Waals surface area contributed by atoms with E-state index >= 15 is 0 Å². The lowest BCUT2D eigenvalue weighted by molar-refractivity contribution is -0.502. The Hall–Kier alpha value is -1.91. The number of hydrogen-bond donors (Lipinski definition) is 0. The summed E-state index contributed by atoms with van der Waals surface area (Å²) in [6.07, 6.45) is -0.817. The lowest BCUT2D eigenvalue weighted by atomic mass is 10.2. The van der Waals surface area contributed by atoms with E-state index in [1.54, 1.807) is 30.3 Å². The molecule has 72 valence electrons. The molecule has 1 fully saturated rings. The quantitative estimate of drug-likeness (QED) is 0.394. The second kappa shape index (κ2) is 3.10. The van der Waals surface area contributed by atoms with Crippen molar-refractivity contribution < 1.29 is 9.72 Å². The third-order valence-electron chi connectivity index (χ3n) is 2.11. The number of amides is 1. The van der Waals surface area contributed by atoms with Gasteiger partial charge < -0.3 is 0 Å². The van der Waals surface area contributed by atoms with Gasteiger partial charge in [-0.2, -0.15) is 0 Å². The number of carbonyl (C=O) groups is 1. The van der Waals surface area contributed by atoms with Crippen molar-refractivity contribution in [3.05, 3.63) is 46.0 Å². The van der Waals surface area contributed by atoms with Crippen LogP contribution in [0.4, 0.5) is 0 Å². The summed E-state index contributed by atoms with van der Waals surface area (Å²) < 4.78 is 0. The number of nitrogens with zero attached hydrogens (tertiary/aromatic N) is 2. The minimum atomic E-state index is -0.817. The van der Waals surface area contributed by atoms with Crippen molar-refractivity contribution in [2.24, 2.45) is 0 Å². The van der Waals surface area contributed by atoms with Crippen LogP contribution in [0.3, 0.4) is 0 Å². The molecule has 0 bridgehead atoms. The van der Waals surface area contributed by atoms with E-state index in [4.69, 9.17) is 0 Å². The van der Waals surface area contributed by atoms with Crippen LogP contribution in [0.2, 0.25) is 0 Å². The second-order valence-corrected chi connectivity index (χ2v) is 3.09. The first kappa shape index (κ1) is 8.68. The van der Waals surface area contributed by atoms with Gasteiger partial charge in [-0.25, -0.2) is 0 Å². The highest BCUT2D eigenvalue weighted by Crippen LogP contribution is 2.20. The fourth-order valence-electron chi connectivity index (χ4n) is 1.27. The van der Waals surface area contributed by atoms with Crippen LogP contribution in [-0.4, -0.2) is 28.4 Å². The smallest absolute Gasteiger partial charge is 0.269 e. The molecule has 1 amide bonds. The fourth-order valence-corrected chi connectivity index (χ4v) is 1.27. The van der Waals surface area contributed by atoms with Crippen molar-refractivity contribution in [3.8, 4) is 0 Å². The van der Waals surface area contributed by atoms with Crippen LogP contribution in [-0.2, 0) is 0 Å². The van der Waals surface area contributed by atoms with Crippen LogP contribution in [0, 0.1) is 10.1 Å². The van der Waals surface area contributed by atoms with Crippen molar-refractivity contribution in [2.45, 2.75) is 6.17 Å². The first-order valence-corrected chi connectivity index (χ1v) is 4.19. The van der Waals surface area contributed by atoms with E-state index < -0.39 is 11.1 Å². The molecule has 0 spiro atoms. The van der Waals surface area contributed by atoms with E-state index in [0.29, 0.717) is 5.56 Å². The molecule has 14 heavy (non-hydrogen) atoms. The van der Waals surface area contributed by atoms with Gasteiger partial charge in [-0.3, -0.25) is 19.8 Å². The number of carbonyl (C=O) groups excluding carboxylic acids is 1. The summed E-state index contributed by atoms with van der Waals surface area (Å²) in [5.41, 5.74) is 0.497. The van der Waals surface area contributed by atoms with E-state index in [1.807, 2.05) is 0 Å². The van der Waals surface area contributed by atoms with E-state index in [1.165, 1.54) is 4.90 Å². The Labute approximate surface area is 80.1 Å². The molecule has 1 aliphatic heterocycles. The van der Waals surface area contributed by atoms with E-state index in [2.05, 4.69) is 0 Å². The zero-order valence-corrected chi connectivity index (χ0v) is 7.29. The topological polar surface area (TPSA) is 63.2 Å². The average molecular weight is 192 g/mol. The molecule has 0 aromatic heterocycles. The molecule has 2 rings (SSSR count). The van der Waals surface area contributed by atoms with Crippen molar-refractivity contribution in [1.82, 2.24) is 4.90 Å². The summed E-state index contributed by atoms with van der Waals surface area (Å²) in [5, 5.41) is 10.3. The van der Waals surface area contributed by atoms with Gasteiger partial charge in [0.25, 0.3) is 5.91 Å². The zero-order valence-electron chi connectivity index (χ0n) is 7.29. The molecule has 1 aromatic rings. The van der Waals surface area contributed by atoms with Crippen LogP contribution >= 0.6 is 0 Å². The van der Waals surface area contributed by atoms with E-state index in [-0.39, 0.29) is 12.5 Å². The molecule has 1 heterocycles. The minimum Gasteiger partial charge on any atom is -0.269 e. The molecule has 1 saturated heterocycles. The molecule has 1 aromatic carbocycles. The van der Waals surface area contributed by atoms with Crippen LogP contribution in [0.25, 0.3) is 0 Å². The van der Waals surface area contributed by atoms with Gasteiger partial charge in [-0.15, -0.1) is 0 Å². The van der Waals surface area contributed by atoms with Gasteiger partial charge in [0.1, 0.15) is 6.54 Å². The highest BCUT2D eigenvalue weighted by molar-refractivity contribution is 5.95. The fraction of sp³-hybridized carbons (Fsp3) is 0.222. The van der Waals surface area contributed by atoms with Crippen molar-refractivity contribution >= 4 is 5.91 Å². The largest absolute Gasteiger partial charge is 0.307 e. The van der Waals surface area contributed by atoms with Crippen molar-refractivity contribution in [2.75, 3.05) is 6.54 Å². The van der Waals surface area contributed by atoms with Gasteiger partial charge in [0.15, 0.2) is 0 Å². The Bertz CT molecular complexity index is 377. The maximum absolute atomic E-state index is 11.5. The number of nitro groups is 1. The zero-order chi connectivity index (χ0) is 10.1. The maximum Gasteiger partial charge on any atom is 0.307 e. The standard InChI is InChI=1S/C9H8N2O3/c12-9(7-4-2-1-3-5-7)10-6-8(10)11(13)14/h1-5,8H,6H2. The van der Waals surface area contributed by atoms with Gasteiger partial charge in [-0.1, -0.05) is 18.2 Å². The Balaban J connectivity index is 2.09. The first-order valence-electron chi connectivity index (χ1n) is 4.19. The molecule has 5 heteroatoms. The monoisotopic (exact) mass is 192 g/mol. The summed E-state index contributed by atoms with van der Waals surface area (Å²) >= 11 is 0. The summed E-state index contributed by atoms with van der Waals surface area (Å²) in [5.74, 6) is -0.271. The molecule has 0 radical (unpaired) electrons. The Morgan fingerprint density at radius 1 is 1.43 bits per heavy atom. The maximum atomic E-state index is 11.5. The first-order chi connectivity index (χ1) is 6.70. The molecule has 0 aliphatic carbocycles. The molecule has 0 N–H and O–H groups in total. The lowest BCUT2D eigenvalue weighted by Gasteiger charge is -1.99. The summed E-state index contributed by atoms with van der Waals surface area (Å²) in [6, 6.07) is 8.56. The van der Waals surface area contributed by atoms with Crippen molar-refractivity contribution in [3.63, 3.8) is 0 Å². The Morgan fingerprint density at radius 3 is 2.57 bits per heavy atom. The lowest BCUT2D eigenvalue weighted by Crippen LogP contribution is -2.17. The number of rotatable bonds is 2. The predicted molar refractivity (Wildman–Crippen MR) is 48.3 cm³/mol. The molecule has 5 nitrogen and oxygen atoms in total. The number of benzene rings is 1. The number of hydrogen-bond acceptors (Lipinski definition) is 3. The normalized spacial score (nSPS) is 19.1. The third-order valence-corrected chi connectivity index (χ3v) is 2.11. The average Bonchev–Trinajstić information content (AvgIpc) is 2.97. The molecular weight excluding hydrogens is 184 g/mol. The van der Waals surface area contributed by atoms with Crippen LogP contribution < -0.4 is 0 Å². The second-order valence-electron chi connectivity index (χ2n) is 3.09. The molecule has 1 aliphatic rings. The highest BCUT2D eigenvalue weighted by Gasteiger charge is 2.49. The molecule has 0 saturated carbocycles.